The molecule has 0 spiro atoms. The number of amides is 3. The topological polar surface area (TPSA) is 93.2 Å². The predicted molar refractivity (Wildman–Crippen MR) is 128 cm³/mol. The summed E-state index contributed by atoms with van der Waals surface area (Å²) in [7, 11) is -1.28. The molecule has 4 rings (SSSR count). The molecule has 2 aliphatic heterocycles. The summed E-state index contributed by atoms with van der Waals surface area (Å²) in [5.74, 6) is -0.172. The Morgan fingerprint density at radius 2 is 1.82 bits per heavy atom. The highest BCUT2D eigenvalue weighted by Crippen LogP contribution is 2.32. The minimum atomic E-state index is -1.28. The van der Waals surface area contributed by atoms with E-state index in [0.717, 1.165) is 29.3 Å². The number of Topliss-reactive ketones (excluding diaryl/α,β-unsaturated/α-hetero) is 1. The average Bonchev–Trinajstić information content (AvgIpc) is 3.09. The third-order valence-corrected chi connectivity index (χ3v) is 8.47. The van der Waals surface area contributed by atoms with Crippen LogP contribution in [0.4, 0.5) is 0 Å². The Labute approximate surface area is 201 Å². The van der Waals surface area contributed by atoms with Crippen LogP contribution in [0, 0.1) is 0 Å². The molecule has 0 bridgehead atoms. The number of fused-ring (bicyclic) bond motifs is 1. The number of benzene rings is 1. The van der Waals surface area contributed by atoms with Crippen molar-refractivity contribution in [3.8, 4) is 5.75 Å². The standard InChI is InChI=1S/C25H34N2O6Si/c1-34(2,3)13-12-32-16-27-23(29)11-10-20(25(27)31)26-15-17-14-18(8-9-19(17)24(26)30)33-22-7-5-4-6-21(22)28/h8-9,14,20,22H,4-7,10-13,15-16H2,1-3H3/t20?,22-/m0/s1. The summed E-state index contributed by atoms with van der Waals surface area (Å²) >= 11 is 0. The van der Waals surface area contributed by atoms with E-state index >= 15 is 0 Å². The van der Waals surface area contributed by atoms with E-state index in [1.54, 1.807) is 23.1 Å². The van der Waals surface area contributed by atoms with E-state index in [1.807, 2.05) is 0 Å². The van der Waals surface area contributed by atoms with E-state index in [2.05, 4.69) is 19.6 Å². The van der Waals surface area contributed by atoms with E-state index in [0.29, 0.717) is 37.2 Å². The van der Waals surface area contributed by atoms with Gasteiger partial charge in [0.15, 0.2) is 11.9 Å². The summed E-state index contributed by atoms with van der Waals surface area (Å²) in [6.45, 7) is 7.44. The number of imide groups is 1. The van der Waals surface area contributed by atoms with Gasteiger partial charge in [-0.15, -0.1) is 0 Å². The van der Waals surface area contributed by atoms with Gasteiger partial charge in [0.2, 0.25) is 5.91 Å². The number of ketones is 1. The molecule has 2 fully saturated rings. The van der Waals surface area contributed by atoms with E-state index in [9.17, 15) is 19.2 Å². The van der Waals surface area contributed by atoms with Crippen LogP contribution in [-0.4, -0.2) is 66.9 Å². The maximum atomic E-state index is 13.2. The van der Waals surface area contributed by atoms with E-state index < -0.39 is 20.2 Å². The molecule has 2 atom stereocenters. The first-order chi connectivity index (χ1) is 16.1. The van der Waals surface area contributed by atoms with Gasteiger partial charge in [-0.25, -0.2) is 0 Å². The minimum absolute atomic E-state index is 0.0684. The van der Waals surface area contributed by atoms with Gasteiger partial charge in [0, 0.05) is 39.6 Å². The fourth-order valence-corrected chi connectivity index (χ4v) is 5.42. The van der Waals surface area contributed by atoms with Crippen LogP contribution < -0.4 is 4.74 Å². The molecule has 9 heteroatoms. The minimum Gasteiger partial charge on any atom is -0.483 e. The first-order valence-corrected chi connectivity index (χ1v) is 15.9. The summed E-state index contributed by atoms with van der Waals surface area (Å²) in [6.07, 6.45) is 3.21. The highest BCUT2D eigenvalue weighted by atomic mass is 28.3. The normalized spacial score (nSPS) is 23.5. The molecule has 1 aromatic carbocycles. The first kappa shape index (κ1) is 24.6. The van der Waals surface area contributed by atoms with Gasteiger partial charge in [0.05, 0.1) is 0 Å². The van der Waals surface area contributed by atoms with Crippen LogP contribution >= 0.6 is 0 Å². The Balaban J connectivity index is 1.41. The van der Waals surface area contributed by atoms with Gasteiger partial charge in [-0.3, -0.25) is 24.1 Å². The SMILES string of the molecule is C[Si](C)(C)CCOCN1C(=O)CCC(N2Cc3cc(O[C@H]4CCCCC4=O)ccc3C2=O)C1=O. The maximum Gasteiger partial charge on any atom is 0.255 e. The molecule has 1 saturated carbocycles. The van der Waals surface area contributed by atoms with Crippen molar-refractivity contribution < 1.29 is 28.7 Å². The fourth-order valence-electron chi connectivity index (χ4n) is 4.66. The number of carbonyl (C=O) groups is 4. The number of likely N-dealkylation sites (tertiary alicyclic amines) is 1. The van der Waals surface area contributed by atoms with Crippen molar-refractivity contribution in [3.05, 3.63) is 29.3 Å². The number of carbonyl (C=O) groups excluding carboxylic acids is 4. The number of nitrogens with zero attached hydrogens (tertiary/aromatic N) is 2. The second-order valence-electron chi connectivity index (χ2n) is 10.6. The maximum absolute atomic E-state index is 13.2. The Bertz CT molecular complexity index is 988. The van der Waals surface area contributed by atoms with Gasteiger partial charge in [-0.1, -0.05) is 19.6 Å². The zero-order valence-electron chi connectivity index (χ0n) is 20.3. The number of hydrogen-bond donors (Lipinski definition) is 0. The van der Waals surface area contributed by atoms with Gasteiger partial charge in [0.25, 0.3) is 11.8 Å². The molecular formula is C25H34N2O6Si. The van der Waals surface area contributed by atoms with E-state index in [-0.39, 0.29) is 43.2 Å². The molecule has 8 nitrogen and oxygen atoms in total. The third-order valence-electron chi connectivity index (χ3n) is 6.76. The smallest absolute Gasteiger partial charge is 0.255 e. The second-order valence-corrected chi connectivity index (χ2v) is 16.3. The lowest BCUT2D eigenvalue weighted by Gasteiger charge is -2.35. The Morgan fingerprint density at radius 1 is 1.03 bits per heavy atom. The number of hydrogen-bond acceptors (Lipinski definition) is 6. The molecule has 0 radical (unpaired) electrons. The van der Waals surface area contributed by atoms with Crippen molar-refractivity contribution in [2.45, 2.75) is 82.9 Å². The largest absolute Gasteiger partial charge is 0.483 e. The highest BCUT2D eigenvalue weighted by Gasteiger charge is 2.43. The number of piperidine rings is 1. The van der Waals surface area contributed by atoms with Crippen LogP contribution in [0.15, 0.2) is 18.2 Å². The summed E-state index contributed by atoms with van der Waals surface area (Å²) in [5.41, 5.74) is 1.30. The lowest BCUT2D eigenvalue weighted by atomic mass is 9.96. The molecule has 1 aromatic rings. The van der Waals surface area contributed by atoms with E-state index in [4.69, 9.17) is 9.47 Å². The van der Waals surface area contributed by atoms with Crippen LogP contribution in [0.25, 0.3) is 0 Å². The van der Waals surface area contributed by atoms with Gasteiger partial charge >= 0.3 is 0 Å². The van der Waals surface area contributed by atoms with Crippen molar-refractivity contribution in [2.75, 3.05) is 13.3 Å². The summed E-state index contributed by atoms with van der Waals surface area (Å²) in [5, 5.41) is 0. The molecule has 3 amide bonds. The quantitative estimate of drug-likeness (QED) is 0.318. The van der Waals surface area contributed by atoms with E-state index in [1.165, 1.54) is 0 Å². The van der Waals surface area contributed by atoms with Crippen molar-refractivity contribution >= 4 is 31.6 Å². The zero-order valence-corrected chi connectivity index (χ0v) is 21.3. The van der Waals surface area contributed by atoms with Crippen LogP contribution in [0.5, 0.6) is 5.75 Å². The first-order valence-electron chi connectivity index (χ1n) is 12.2. The monoisotopic (exact) mass is 486 g/mol. The molecular weight excluding hydrogens is 452 g/mol. The lowest BCUT2D eigenvalue weighted by Crippen LogP contribution is -2.55. The molecule has 184 valence electrons. The van der Waals surface area contributed by atoms with Crippen molar-refractivity contribution in [3.63, 3.8) is 0 Å². The van der Waals surface area contributed by atoms with Gasteiger partial charge in [0.1, 0.15) is 18.5 Å². The molecule has 3 aliphatic rings. The summed E-state index contributed by atoms with van der Waals surface area (Å²) < 4.78 is 11.6. The predicted octanol–water partition coefficient (Wildman–Crippen LogP) is 3.36. The fraction of sp³-hybridized carbons (Fsp3) is 0.600. The second kappa shape index (κ2) is 9.99. The van der Waals surface area contributed by atoms with Crippen LogP contribution in [0.2, 0.25) is 25.7 Å². The third kappa shape index (κ3) is 5.41. The molecule has 1 aliphatic carbocycles. The number of ether oxygens (including phenoxy) is 2. The van der Waals surface area contributed by atoms with Gasteiger partial charge in [-0.2, -0.15) is 0 Å². The van der Waals surface area contributed by atoms with Crippen LogP contribution in [-0.2, 0) is 25.7 Å². The van der Waals surface area contributed by atoms with Crippen LogP contribution in [0.1, 0.15) is 54.4 Å². The van der Waals surface area contributed by atoms with Gasteiger partial charge in [-0.05, 0) is 55.5 Å². The zero-order chi connectivity index (χ0) is 24.5. The molecule has 1 unspecified atom stereocenters. The lowest BCUT2D eigenvalue weighted by molar-refractivity contribution is -0.158. The Morgan fingerprint density at radius 3 is 2.56 bits per heavy atom. The highest BCUT2D eigenvalue weighted by molar-refractivity contribution is 6.76. The van der Waals surface area contributed by atoms with Gasteiger partial charge < -0.3 is 14.4 Å². The average molecular weight is 487 g/mol. The Kier molecular flexibility index (Phi) is 7.23. The number of rotatable bonds is 8. The molecule has 1 saturated heterocycles. The van der Waals surface area contributed by atoms with Crippen molar-refractivity contribution in [1.82, 2.24) is 9.80 Å². The molecule has 2 heterocycles. The summed E-state index contributed by atoms with van der Waals surface area (Å²) in [6, 6.07) is 5.47. The molecule has 0 aromatic heterocycles. The van der Waals surface area contributed by atoms with Crippen LogP contribution in [0.3, 0.4) is 0 Å². The van der Waals surface area contributed by atoms with Crippen molar-refractivity contribution in [1.29, 1.82) is 0 Å². The molecule has 34 heavy (non-hydrogen) atoms. The summed E-state index contributed by atoms with van der Waals surface area (Å²) in [4.78, 5) is 53.5. The van der Waals surface area contributed by atoms with Crippen molar-refractivity contribution in [2.24, 2.45) is 0 Å². The molecule has 0 N–H and O–H groups in total. The Hall–Kier alpha value is -2.52.